The Morgan fingerprint density at radius 1 is 1.26 bits per heavy atom. The number of hydrogen-bond donors (Lipinski definition) is 4. The molecule has 2 aromatic heterocycles. The third kappa shape index (κ3) is 4.72. The van der Waals surface area contributed by atoms with E-state index in [2.05, 4.69) is 35.6 Å². The smallest absolute Gasteiger partial charge is 0.409 e. The first-order chi connectivity index (χ1) is 12.8. The van der Waals surface area contributed by atoms with Gasteiger partial charge in [0.25, 0.3) is 6.35 Å². The lowest BCUT2D eigenvalue weighted by Crippen LogP contribution is -2.23. The summed E-state index contributed by atoms with van der Waals surface area (Å²) >= 11 is 0. The van der Waals surface area contributed by atoms with Crippen molar-refractivity contribution in [1.82, 2.24) is 15.4 Å². The summed E-state index contributed by atoms with van der Waals surface area (Å²) in [6, 6.07) is 5.53. The minimum atomic E-state index is -4.79. The van der Waals surface area contributed by atoms with Crippen molar-refractivity contribution in [3.05, 3.63) is 48.0 Å². The van der Waals surface area contributed by atoms with E-state index in [-0.39, 0.29) is 23.1 Å². The Balaban J connectivity index is 1.64. The highest BCUT2D eigenvalue weighted by Gasteiger charge is 2.31. The van der Waals surface area contributed by atoms with Crippen LogP contribution in [0.1, 0.15) is 11.4 Å². The first-order valence-corrected chi connectivity index (χ1v) is 7.26. The van der Waals surface area contributed by atoms with Gasteiger partial charge in [-0.3, -0.25) is 4.98 Å². The molecule has 27 heavy (non-hydrogen) atoms. The van der Waals surface area contributed by atoms with Crippen LogP contribution < -0.4 is 21.3 Å². The number of pyridine rings is 2. The van der Waals surface area contributed by atoms with Crippen molar-refractivity contribution in [1.29, 1.82) is 0 Å². The van der Waals surface area contributed by atoms with Crippen LogP contribution in [0.3, 0.4) is 0 Å². The zero-order chi connectivity index (χ0) is 19.4. The Kier molecular flexibility index (Phi) is 4.94. The van der Waals surface area contributed by atoms with E-state index in [0.29, 0.717) is 5.69 Å². The van der Waals surface area contributed by atoms with Gasteiger partial charge < -0.3 is 21.0 Å². The molecule has 0 radical (unpaired) electrons. The molecular formula is C14H12F3N7O3. The average Bonchev–Trinajstić information content (AvgIpc) is 3.09. The number of anilines is 1. The Hall–Kier alpha value is -3.61. The van der Waals surface area contributed by atoms with E-state index in [1.54, 1.807) is 6.07 Å². The molecule has 0 spiro atoms. The fraction of sp³-hybridized carbons (Fsp3) is 0.143. The molecule has 0 aliphatic carbocycles. The third-order valence-corrected chi connectivity index (χ3v) is 3.15. The number of ether oxygens (including phenoxy) is 1. The Morgan fingerprint density at radius 3 is 2.67 bits per heavy atom. The summed E-state index contributed by atoms with van der Waals surface area (Å²) in [6.45, 7) is 0. The van der Waals surface area contributed by atoms with Crippen molar-refractivity contribution in [3.8, 4) is 5.75 Å². The van der Waals surface area contributed by atoms with Gasteiger partial charge in [0.1, 0.15) is 17.1 Å². The number of halogens is 3. The maximum Gasteiger partial charge on any atom is 0.573 e. The van der Waals surface area contributed by atoms with Gasteiger partial charge in [0.05, 0.1) is 18.1 Å². The highest BCUT2D eigenvalue weighted by Crippen LogP contribution is 2.22. The summed E-state index contributed by atoms with van der Waals surface area (Å²) in [4.78, 5) is 17.2. The molecule has 2 aromatic rings. The number of nitrogens with one attached hydrogen (secondary N) is 2. The molecule has 0 amide bonds. The molecule has 0 bridgehead atoms. The Bertz CT molecular complexity index is 854. The van der Waals surface area contributed by atoms with E-state index in [0.717, 1.165) is 12.3 Å². The van der Waals surface area contributed by atoms with Crippen molar-refractivity contribution in [2.24, 2.45) is 15.9 Å². The van der Waals surface area contributed by atoms with Crippen LogP contribution in [0.5, 0.6) is 5.75 Å². The minimum Gasteiger partial charge on any atom is -0.409 e. The summed E-state index contributed by atoms with van der Waals surface area (Å²) in [5, 5.41) is 14.3. The number of oxime groups is 1. The van der Waals surface area contributed by atoms with Crippen molar-refractivity contribution in [3.63, 3.8) is 0 Å². The first kappa shape index (κ1) is 18.2. The Morgan fingerprint density at radius 2 is 2.07 bits per heavy atom. The maximum absolute atomic E-state index is 12.1. The number of hydrogen-bond acceptors (Lipinski definition) is 9. The molecule has 142 valence electrons. The second kappa shape index (κ2) is 7.33. The lowest BCUT2D eigenvalue weighted by Gasteiger charge is -2.09. The number of rotatable bonds is 5. The normalized spacial score (nSPS) is 17.2. The van der Waals surface area contributed by atoms with Crippen molar-refractivity contribution in [2.75, 3.05) is 5.32 Å². The summed E-state index contributed by atoms with van der Waals surface area (Å²) in [5.74, 6) is -0.366. The molecule has 1 atom stereocenters. The largest absolute Gasteiger partial charge is 0.573 e. The molecule has 1 aliphatic rings. The number of amidine groups is 2. The van der Waals surface area contributed by atoms with E-state index in [1.165, 1.54) is 18.3 Å². The molecular weight excluding hydrogens is 371 g/mol. The van der Waals surface area contributed by atoms with Crippen LogP contribution in [-0.4, -0.2) is 39.6 Å². The van der Waals surface area contributed by atoms with E-state index in [1.807, 2.05) is 0 Å². The molecule has 5 N–H and O–H groups in total. The molecule has 13 heteroatoms. The Labute approximate surface area is 149 Å². The molecule has 0 fully saturated rings. The maximum atomic E-state index is 12.1. The topological polar surface area (TPSA) is 139 Å². The molecule has 10 nitrogen and oxygen atoms in total. The number of aliphatic imine (C=N–C) groups is 1. The van der Waals surface area contributed by atoms with Crippen molar-refractivity contribution < 1.29 is 28.0 Å². The second-order valence-electron chi connectivity index (χ2n) is 5.04. The summed E-state index contributed by atoms with van der Waals surface area (Å²) in [5.41, 5.74) is 9.01. The fourth-order valence-corrected chi connectivity index (χ4v) is 2.00. The van der Waals surface area contributed by atoms with Crippen LogP contribution in [0.2, 0.25) is 0 Å². The number of aromatic nitrogens is 2. The van der Waals surface area contributed by atoms with Crippen LogP contribution in [0.25, 0.3) is 0 Å². The van der Waals surface area contributed by atoms with Gasteiger partial charge in [0.2, 0.25) is 0 Å². The molecule has 3 rings (SSSR count). The monoisotopic (exact) mass is 383 g/mol. The van der Waals surface area contributed by atoms with Crippen LogP contribution >= 0.6 is 0 Å². The molecule has 1 aliphatic heterocycles. The third-order valence-electron chi connectivity index (χ3n) is 3.15. The quantitative estimate of drug-likeness (QED) is 0.261. The second-order valence-corrected chi connectivity index (χ2v) is 5.04. The summed E-state index contributed by atoms with van der Waals surface area (Å²) in [7, 11) is 0. The predicted octanol–water partition coefficient (Wildman–Crippen LogP) is 1.15. The summed E-state index contributed by atoms with van der Waals surface area (Å²) < 4.78 is 40.2. The zero-order valence-electron chi connectivity index (χ0n) is 13.3. The highest BCUT2D eigenvalue weighted by molar-refractivity contribution is 5.97. The van der Waals surface area contributed by atoms with Crippen LogP contribution in [0.4, 0.5) is 18.9 Å². The van der Waals surface area contributed by atoms with E-state index >= 15 is 0 Å². The standard InChI is InChI=1S/C14H12F3N7O3/c15-14(16,17)26-8-2-4-10(20-6-8)12-22-13(27-24-12)21-7-1-3-9(19-5-7)11(18)23-25/h1-6,13,21,25H,(H2,18,23)(H,22,24). The number of alkyl halides is 3. The predicted molar refractivity (Wildman–Crippen MR) is 85.8 cm³/mol. The fourth-order valence-electron chi connectivity index (χ4n) is 2.00. The van der Waals surface area contributed by atoms with Crippen LogP contribution in [0, 0.1) is 0 Å². The molecule has 3 heterocycles. The van der Waals surface area contributed by atoms with Crippen LogP contribution in [-0.2, 0) is 4.84 Å². The molecule has 0 saturated carbocycles. The number of nitrogens with zero attached hydrogens (tertiary/aromatic N) is 4. The van der Waals surface area contributed by atoms with Gasteiger partial charge in [0.15, 0.2) is 11.7 Å². The van der Waals surface area contributed by atoms with Gasteiger partial charge in [-0.1, -0.05) is 5.16 Å². The minimum absolute atomic E-state index is 0.135. The lowest BCUT2D eigenvalue weighted by atomic mass is 10.3. The van der Waals surface area contributed by atoms with E-state index in [9.17, 15) is 13.2 Å². The average molecular weight is 383 g/mol. The summed E-state index contributed by atoms with van der Waals surface area (Å²) in [6.07, 6.45) is -3.28. The lowest BCUT2D eigenvalue weighted by molar-refractivity contribution is -0.274. The highest BCUT2D eigenvalue weighted by atomic mass is 19.4. The van der Waals surface area contributed by atoms with Gasteiger partial charge >= 0.3 is 6.36 Å². The van der Waals surface area contributed by atoms with E-state index < -0.39 is 18.5 Å². The van der Waals surface area contributed by atoms with Crippen molar-refractivity contribution >= 4 is 17.4 Å². The van der Waals surface area contributed by atoms with E-state index in [4.69, 9.17) is 15.8 Å². The molecule has 1 unspecified atom stereocenters. The number of hydroxylamine groups is 1. The van der Waals surface area contributed by atoms with Gasteiger partial charge in [-0.25, -0.2) is 20.3 Å². The van der Waals surface area contributed by atoms with Crippen LogP contribution in [0.15, 0.2) is 46.8 Å². The van der Waals surface area contributed by atoms with Crippen molar-refractivity contribution in [2.45, 2.75) is 12.7 Å². The zero-order valence-corrected chi connectivity index (χ0v) is 13.3. The van der Waals surface area contributed by atoms with Gasteiger partial charge in [-0.05, 0) is 24.3 Å². The van der Waals surface area contributed by atoms with Gasteiger partial charge in [-0.2, -0.15) is 0 Å². The first-order valence-electron chi connectivity index (χ1n) is 7.26. The molecule has 0 aromatic carbocycles. The SMILES string of the molecule is N/C(=N\O)c1ccc(NC2N=C(c3ccc(OC(F)(F)F)cn3)NO2)cn1. The molecule has 0 saturated heterocycles. The number of nitrogens with two attached hydrogens (primary N) is 1. The van der Waals surface area contributed by atoms with Gasteiger partial charge in [0, 0.05) is 0 Å². The van der Waals surface area contributed by atoms with Gasteiger partial charge in [-0.15, -0.1) is 13.2 Å².